The van der Waals surface area contributed by atoms with E-state index in [-0.39, 0.29) is 36.0 Å². The molecule has 1 aromatic carbocycles. The van der Waals surface area contributed by atoms with Crippen molar-refractivity contribution >= 4 is 46.9 Å². The lowest BCUT2D eigenvalue weighted by Gasteiger charge is -2.37. The maximum absolute atomic E-state index is 12.5. The summed E-state index contributed by atoms with van der Waals surface area (Å²) in [6.45, 7) is 4.24. The van der Waals surface area contributed by atoms with E-state index in [1.54, 1.807) is 7.05 Å². The van der Waals surface area contributed by atoms with Crippen LogP contribution < -0.4 is 5.32 Å². The first kappa shape index (κ1) is 21.8. The fourth-order valence-corrected chi connectivity index (χ4v) is 3.96. The number of fused-ring (bicyclic) bond motifs is 1. The van der Waals surface area contributed by atoms with Crippen LogP contribution in [0.2, 0.25) is 0 Å². The summed E-state index contributed by atoms with van der Waals surface area (Å²) in [5.41, 5.74) is 2.12. The zero-order valence-corrected chi connectivity index (χ0v) is 19.3. The fourth-order valence-electron chi connectivity index (χ4n) is 3.96. The van der Waals surface area contributed by atoms with Gasteiger partial charge in [-0.25, -0.2) is 4.98 Å². The van der Waals surface area contributed by atoms with Gasteiger partial charge >= 0.3 is 0 Å². The van der Waals surface area contributed by atoms with Gasteiger partial charge in [-0.2, -0.15) is 0 Å². The lowest BCUT2D eigenvalue weighted by molar-refractivity contribution is -0.142. The number of aliphatic imine (C=N–C) groups is 1. The standard InChI is InChI=1S/C20H28N6O2.HI/c1-21-20(22-14-18-23-15-6-3-4-7-16(15)24(18)2)26-11-9-25(10-12-26)19(27)17-8-5-13-28-17;/h3-4,6-7,17H,5,8-14H2,1-2H3,(H,21,22);1H. The molecule has 1 amide bonds. The van der Waals surface area contributed by atoms with Gasteiger partial charge in [-0.1, -0.05) is 12.1 Å². The van der Waals surface area contributed by atoms with Crippen molar-refractivity contribution in [2.45, 2.75) is 25.5 Å². The summed E-state index contributed by atoms with van der Waals surface area (Å²) < 4.78 is 7.64. The van der Waals surface area contributed by atoms with Crippen LogP contribution in [0, 0.1) is 0 Å². The van der Waals surface area contributed by atoms with Gasteiger partial charge in [0.15, 0.2) is 5.96 Å². The Kier molecular flexibility index (Phi) is 7.33. The Labute approximate surface area is 188 Å². The molecule has 0 radical (unpaired) electrons. The number of halogens is 1. The van der Waals surface area contributed by atoms with E-state index in [2.05, 4.69) is 25.8 Å². The van der Waals surface area contributed by atoms with Crippen LogP contribution in [-0.2, 0) is 23.1 Å². The molecule has 2 aromatic rings. The van der Waals surface area contributed by atoms with Gasteiger partial charge in [0.05, 0.1) is 17.6 Å². The second kappa shape index (κ2) is 9.75. The van der Waals surface area contributed by atoms with Crippen molar-refractivity contribution in [2.24, 2.45) is 12.0 Å². The fraction of sp³-hybridized carbons (Fsp3) is 0.550. The topological polar surface area (TPSA) is 75.0 Å². The molecule has 158 valence electrons. The second-order valence-corrected chi connectivity index (χ2v) is 7.29. The molecule has 1 aromatic heterocycles. The summed E-state index contributed by atoms with van der Waals surface area (Å²) >= 11 is 0. The van der Waals surface area contributed by atoms with Gasteiger partial charge in [-0.15, -0.1) is 24.0 Å². The molecule has 3 heterocycles. The van der Waals surface area contributed by atoms with Gasteiger partial charge in [0.2, 0.25) is 0 Å². The van der Waals surface area contributed by atoms with Crippen LogP contribution in [0.15, 0.2) is 29.3 Å². The number of aromatic nitrogens is 2. The molecular weight excluding hydrogens is 483 g/mol. The predicted molar refractivity (Wildman–Crippen MR) is 123 cm³/mol. The van der Waals surface area contributed by atoms with Gasteiger partial charge in [-0.05, 0) is 25.0 Å². The monoisotopic (exact) mass is 512 g/mol. The number of carbonyl (C=O) groups is 1. The summed E-state index contributed by atoms with van der Waals surface area (Å²) in [5, 5.41) is 3.42. The minimum Gasteiger partial charge on any atom is -0.368 e. The maximum atomic E-state index is 12.5. The first-order valence-electron chi connectivity index (χ1n) is 9.93. The molecular formula is C20H29IN6O2. The zero-order chi connectivity index (χ0) is 19.5. The number of para-hydroxylation sites is 2. The molecule has 0 spiro atoms. The van der Waals surface area contributed by atoms with Gasteiger partial charge in [0, 0.05) is 46.9 Å². The van der Waals surface area contributed by atoms with E-state index in [0.29, 0.717) is 26.2 Å². The predicted octanol–water partition coefficient (Wildman–Crippen LogP) is 1.59. The molecule has 1 atom stereocenters. The molecule has 2 fully saturated rings. The Balaban J connectivity index is 0.00000240. The number of hydrogen-bond acceptors (Lipinski definition) is 4. The number of guanidine groups is 1. The van der Waals surface area contributed by atoms with Crippen molar-refractivity contribution in [3.8, 4) is 0 Å². The summed E-state index contributed by atoms with van der Waals surface area (Å²) in [5.74, 6) is 1.95. The zero-order valence-electron chi connectivity index (χ0n) is 17.0. The Morgan fingerprint density at radius 2 is 1.97 bits per heavy atom. The van der Waals surface area contributed by atoms with Crippen molar-refractivity contribution in [2.75, 3.05) is 39.8 Å². The number of hydrogen-bond donors (Lipinski definition) is 1. The van der Waals surface area contributed by atoms with Gasteiger partial charge in [-0.3, -0.25) is 9.79 Å². The van der Waals surface area contributed by atoms with Crippen LogP contribution in [0.5, 0.6) is 0 Å². The Morgan fingerprint density at radius 3 is 2.62 bits per heavy atom. The Bertz CT molecular complexity index is 869. The molecule has 1 N–H and O–H groups in total. The number of rotatable bonds is 3. The van der Waals surface area contributed by atoms with Crippen molar-refractivity contribution in [3.63, 3.8) is 0 Å². The summed E-state index contributed by atoms with van der Waals surface area (Å²) in [6, 6.07) is 8.13. The van der Waals surface area contributed by atoms with Crippen LogP contribution >= 0.6 is 24.0 Å². The van der Waals surface area contributed by atoms with Crippen molar-refractivity contribution < 1.29 is 9.53 Å². The third-order valence-electron chi connectivity index (χ3n) is 5.59. The SMILES string of the molecule is CN=C(NCc1nc2ccccc2n1C)N1CCN(C(=O)C2CCCO2)CC1.I. The molecule has 2 aliphatic rings. The van der Waals surface area contributed by atoms with Crippen LogP contribution in [-0.4, -0.2) is 77.2 Å². The van der Waals surface area contributed by atoms with E-state index in [0.717, 1.165) is 48.7 Å². The second-order valence-electron chi connectivity index (χ2n) is 7.29. The number of amides is 1. The van der Waals surface area contributed by atoms with Crippen LogP contribution in [0.3, 0.4) is 0 Å². The lowest BCUT2D eigenvalue weighted by atomic mass is 10.2. The number of aryl methyl sites for hydroxylation is 1. The van der Waals surface area contributed by atoms with Crippen molar-refractivity contribution in [1.82, 2.24) is 24.7 Å². The number of imidazole rings is 1. The Morgan fingerprint density at radius 1 is 1.24 bits per heavy atom. The van der Waals surface area contributed by atoms with E-state index in [9.17, 15) is 4.79 Å². The van der Waals surface area contributed by atoms with E-state index in [1.807, 2.05) is 30.1 Å². The number of ether oxygens (including phenoxy) is 1. The number of piperazine rings is 1. The van der Waals surface area contributed by atoms with Crippen LogP contribution in [0.1, 0.15) is 18.7 Å². The highest BCUT2D eigenvalue weighted by Gasteiger charge is 2.30. The maximum Gasteiger partial charge on any atom is 0.251 e. The first-order valence-corrected chi connectivity index (χ1v) is 9.93. The third kappa shape index (κ3) is 4.66. The largest absolute Gasteiger partial charge is 0.368 e. The van der Waals surface area contributed by atoms with Gasteiger partial charge < -0.3 is 24.4 Å². The van der Waals surface area contributed by atoms with Gasteiger partial charge in [0.25, 0.3) is 5.91 Å². The third-order valence-corrected chi connectivity index (χ3v) is 5.59. The molecule has 2 aliphatic heterocycles. The van der Waals surface area contributed by atoms with E-state index in [1.165, 1.54) is 0 Å². The first-order chi connectivity index (χ1) is 13.7. The average molecular weight is 512 g/mol. The highest BCUT2D eigenvalue weighted by atomic mass is 127. The summed E-state index contributed by atoms with van der Waals surface area (Å²) in [7, 11) is 3.83. The highest BCUT2D eigenvalue weighted by Crippen LogP contribution is 2.16. The average Bonchev–Trinajstić information content (AvgIpc) is 3.38. The summed E-state index contributed by atoms with van der Waals surface area (Å²) in [6.07, 6.45) is 1.59. The smallest absolute Gasteiger partial charge is 0.251 e. The number of carbonyl (C=O) groups excluding carboxylic acids is 1. The van der Waals surface area contributed by atoms with Crippen molar-refractivity contribution in [3.05, 3.63) is 30.1 Å². The van der Waals surface area contributed by atoms with E-state index >= 15 is 0 Å². The normalized spacial score (nSPS) is 20.1. The molecule has 0 saturated carbocycles. The molecule has 4 rings (SSSR count). The van der Waals surface area contributed by atoms with Crippen molar-refractivity contribution in [1.29, 1.82) is 0 Å². The number of nitrogens with zero attached hydrogens (tertiary/aromatic N) is 5. The highest BCUT2D eigenvalue weighted by molar-refractivity contribution is 14.0. The minimum atomic E-state index is -0.235. The minimum absolute atomic E-state index is 0. The van der Waals surface area contributed by atoms with E-state index < -0.39 is 0 Å². The number of nitrogens with one attached hydrogen (secondary N) is 1. The lowest BCUT2D eigenvalue weighted by Crippen LogP contribution is -2.55. The molecule has 29 heavy (non-hydrogen) atoms. The van der Waals surface area contributed by atoms with Crippen LogP contribution in [0.4, 0.5) is 0 Å². The molecule has 9 heteroatoms. The molecule has 2 saturated heterocycles. The molecule has 1 unspecified atom stereocenters. The van der Waals surface area contributed by atoms with E-state index in [4.69, 9.17) is 9.72 Å². The van der Waals surface area contributed by atoms with Gasteiger partial charge in [0.1, 0.15) is 11.9 Å². The molecule has 0 bridgehead atoms. The molecule has 0 aliphatic carbocycles. The summed E-state index contributed by atoms with van der Waals surface area (Å²) in [4.78, 5) is 25.8. The quantitative estimate of drug-likeness (QED) is 0.384. The number of benzene rings is 1. The molecule has 8 nitrogen and oxygen atoms in total. The van der Waals surface area contributed by atoms with Crippen LogP contribution in [0.25, 0.3) is 11.0 Å². The Hall–Kier alpha value is -1.88.